The zero-order valence-electron chi connectivity index (χ0n) is 18.7. The van der Waals surface area contributed by atoms with Gasteiger partial charge in [-0.1, -0.05) is 0 Å². The predicted octanol–water partition coefficient (Wildman–Crippen LogP) is 1.42. The standard InChI is InChI=1S/C22H28FN3O6/c1-6-32-22(31)16(10-27)25-21(30)19(28)18-12(3)17(13(4)26(18)5)20(29)24-14-7-8-15(23)11(2)9-14/h7-9,16,19,27-28H,6,10H2,1-5H3,(H,24,29)(H,25,30)/t16-,19?/m1/s1. The van der Waals surface area contributed by atoms with Gasteiger partial charge in [0.05, 0.1) is 24.5 Å². The molecule has 4 N–H and O–H groups in total. The van der Waals surface area contributed by atoms with E-state index < -0.39 is 42.4 Å². The number of anilines is 1. The number of hydrogen-bond acceptors (Lipinski definition) is 6. The fourth-order valence-corrected chi connectivity index (χ4v) is 3.44. The van der Waals surface area contributed by atoms with Crippen molar-refractivity contribution in [2.24, 2.45) is 7.05 Å². The topological polar surface area (TPSA) is 130 Å². The Morgan fingerprint density at radius 2 is 1.88 bits per heavy atom. The van der Waals surface area contributed by atoms with E-state index in [9.17, 15) is 29.0 Å². The van der Waals surface area contributed by atoms with Gasteiger partial charge in [-0.2, -0.15) is 0 Å². The van der Waals surface area contributed by atoms with Gasteiger partial charge in [-0.05, 0) is 57.0 Å². The summed E-state index contributed by atoms with van der Waals surface area (Å²) in [5, 5.41) is 24.9. The van der Waals surface area contributed by atoms with Gasteiger partial charge in [-0.3, -0.25) is 9.59 Å². The molecule has 2 atom stereocenters. The molecule has 2 aromatic rings. The maximum absolute atomic E-state index is 13.5. The Morgan fingerprint density at radius 3 is 2.44 bits per heavy atom. The lowest BCUT2D eigenvalue weighted by atomic mass is 10.1. The number of ether oxygens (including phenoxy) is 1. The van der Waals surface area contributed by atoms with Crippen molar-refractivity contribution in [1.82, 2.24) is 9.88 Å². The van der Waals surface area contributed by atoms with E-state index in [0.717, 1.165) is 0 Å². The second kappa shape index (κ2) is 10.4. The molecular weight excluding hydrogens is 421 g/mol. The molecule has 32 heavy (non-hydrogen) atoms. The first-order valence-corrected chi connectivity index (χ1v) is 10.0. The number of carbonyl (C=O) groups is 3. The number of rotatable bonds is 8. The molecule has 0 saturated carbocycles. The van der Waals surface area contributed by atoms with Crippen molar-refractivity contribution < 1.29 is 33.7 Å². The number of aryl methyl sites for hydroxylation is 1. The highest BCUT2D eigenvalue weighted by Gasteiger charge is 2.31. The van der Waals surface area contributed by atoms with Gasteiger partial charge >= 0.3 is 5.97 Å². The molecule has 1 aromatic carbocycles. The van der Waals surface area contributed by atoms with Crippen LogP contribution in [0.1, 0.15) is 45.9 Å². The summed E-state index contributed by atoms with van der Waals surface area (Å²) < 4.78 is 19.8. The molecule has 174 valence electrons. The Bertz CT molecular complexity index is 1030. The largest absolute Gasteiger partial charge is 0.464 e. The van der Waals surface area contributed by atoms with Crippen LogP contribution in [0.2, 0.25) is 0 Å². The summed E-state index contributed by atoms with van der Waals surface area (Å²) in [7, 11) is 1.59. The number of aliphatic hydroxyl groups is 2. The van der Waals surface area contributed by atoms with Crippen molar-refractivity contribution in [1.29, 1.82) is 0 Å². The maximum atomic E-state index is 13.5. The predicted molar refractivity (Wildman–Crippen MR) is 115 cm³/mol. The van der Waals surface area contributed by atoms with Gasteiger partial charge in [0.1, 0.15) is 5.82 Å². The number of amides is 2. The molecule has 0 aliphatic heterocycles. The Kier molecular flexibility index (Phi) is 8.12. The van der Waals surface area contributed by atoms with Crippen molar-refractivity contribution in [2.75, 3.05) is 18.5 Å². The minimum Gasteiger partial charge on any atom is -0.464 e. The van der Waals surface area contributed by atoms with Crippen LogP contribution in [0.15, 0.2) is 18.2 Å². The number of esters is 1. The van der Waals surface area contributed by atoms with Crippen molar-refractivity contribution >= 4 is 23.5 Å². The molecule has 0 aliphatic rings. The Hall–Kier alpha value is -3.24. The number of benzene rings is 1. The van der Waals surface area contributed by atoms with Crippen LogP contribution in [0.3, 0.4) is 0 Å². The van der Waals surface area contributed by atoms with Gasteiger partial charge in [-0.15, -0.1) is 0 Å². The summed E-state index contributed by atoms with van der Waals surface area (Å²) in [4.78, 5) is 37.3. The van der Waals surface area contributed by atoms with Crippen LogP contribution >= 0.6 is 0 Å². The fraction of sp³-hybridized carbons (Fsp3) is 0.409. The van der Waals surface area contributed by atoms with Crippen molar-refractivity contribution in [2.45, 2.75) is 39.8 Å². The van der Waals surface area contributed by atoms with Gasteiger partial charge in [0.15, 0.2) is 12.1 Å². The summed E-state index contributed by atoms with van der Waals surface area (Å²) >= 11 is 0. The molecule has 1 heterocycles. The lowest BCUT2D eigenvalue weighted by Gasteiger charge is -2.18. The lowest BCUT2D eigenvalue weighted by Crippen LogP contribution is -2.46. The van der Waals surface area contributed by atoms with Gasteiger partial charge < -0.3 is 30.2 Å². The van der Waals surface area contributed by atoms with E-state index in [1.165, 1.54) is 22.8 Å². The number of nitrogens with zero attached hydrogens (tertiary/aromatic N) is 1. The lowest BCUT2D eigenvalue weighted by molar-refractivity contribution is -0.149. The molecule has 9 nitrogen and oxygen atoms in total. The summed E-state index contributed by atoms with van der Waals surface area (Å²) in [6.07, 6.45) is -1.71. The molecule has 0 saturated heterocycles. The first-order chi connectivity index (χ1) is 15.0. The SMILES string of the molecule is CCOC(=O)[C@@H](CO)NC(=O)C(O)c1c(C)c(C(=O)Nc2ccc(F)c(C)c2)c(C)n1C. The van der Waals surface area contributed by atoms with Crippen LogP contribution in [0.5, 0.6) is 0 Å². The van der Waals surface area contributed by atoms with Gasteiger partial charge in [0.25, 0.3) is 11.8 Å². The average molecular weight is 449 g/mol. The maximum Gasteiger partial charge on any atom is 0.331 e. The van der Waals surface area contributed by atoms with Gasteiger partial charge in [-0.25, -0.2) is 9.18 Å². The number of nitrogens with one attached hydrogen (secondary N) is 2. The van der Waals surface area contributed by atoms with Crippen LogP contribution in [0.25, 0.3) is 0 Å². The zero-order valence-corrected chi connectivity index (χ0v) is 18.7. The molecule has 0 bridgehead atoms. The number of aromatic nitrogens is 1. The van der Waals surface area contributed by atoms with Gasteiger partial charge in [0.2, 0.25) is 0 Å². The summed E-state index contributed by atoms with van der Waals surface area (Å²) in [5.74, 6) is -2.64. The van der Waals surface area contributed by atoms with Crippen molar-refractivity contribution in [3.05, 3.63) is 52.1 Å². The third-order valence-electron chi connectivity index (χ3n) is 5.21. The highest BCUT2D eigenvalue weighted by atomic mass is 19.1. The molecule has 1 aromatic heterocycles. The second-order valence-corrected chi connectivity index (χ2v) is 7.35. The van der Waals surface area contributed by atoms with Gasteiger partial charge in [0, 0.05) is 18.4 Å². The second-order valence-electron chi connectivity index (χ2n) is 7.35. The third kappa shape index (κ3) is 5.14. The molecule has 2 amide bonds. The molecule has 0 radical (unpaired) electrons. The van der Waals surface area contributed by atoms with Crippen molar-refractivity contribution in [3.63, 3.8) is 0 Å². The summed E-state index contributed by atoms with van der Waals surface area (Å²) in [6.45, 7) is 5.76. The van der Waals surface area contributed by atoms with Crippen LogP contribution in [-0.2, 0) is 21.4 Å². The highest BCUT2D eigenvalue weighted by molar-refractivity contribution is 6.06. The summed E-state index contributed by atoms with van der Waals surface area (Å²) in [6, 6.07) is 2.84. The van der Waals surface area contributed by atoms with E-state index in [1.807, 2.05) is 0 Å². The first-order valence-electron chi connectivity index (χ1n) is 10.0. The first kappa shape index (κ1) is 25.0. The smallest absolute Gasteiger partial charge is 0.331 e. The molecule has 1 unspecified atom stereocenters. The zero-order chi connectivity index (χ0) is 24.2. The molecule has 2 rings (SSSR count). The fourth-order valence-electron chi connectivity index (χ4n) is 3.44. The van der Waals surface area contributed by atoms with Crippen molar-refractivity contribution in [3.8, 4) is 0 Å². The van der Waals surface area contributed by atoms with E-state index in [4.69, 9.17) is 4.74 Å². The summed E-state index contributed by atoms with van der Waals surface area (Å²) in [5.41, 5.74) is 2.03. The Balaban J connectivity index is 2.29. The highest BCUT2D eigenvalue weighted by Crippen LogP contribution is 2.28. The van der Waals surface area contributed by atoms with E-state index >= 15 is 0 Å². The number of halogens is 1. The van der Waals surface area contributed by atoms with E-state index in [-0.39, 0.29) is 17.9 Å². The molecule has 0 spiro atoms. The third-order valence-corrected chi connectivity index (χ3v) is 5.21. The molecule has 0 aliphatic carbocycles. The Morgan fingerprint density at radius 1 is 1.22 bits per heavy atom. The molecule has 0 fully saturated rings. The quantitative estimate of drug-likeness (QED) is 0.451. The van der Waals surface area contributed by atoms with Crippen LogP contribution in [0.4, 0.5) is 10.1 Å². The Labute approximate surface area is 185 Å². The number of hydrogen-bond donors (Lipinski definition) is 4. The van der Waals surface area contributed by atoms with Crippen LogP contribution in [-0.4, -0.2) is 51.8 Å². The van der Waals surface area contributed by atoms with Crippen LogP contribution < -0.4 is 10.6 Å². The number of aliphatic hydroxyl groups excluding tert-OH is 2. The average Bonchev–Trinajstić information content (AvgIpc) is 2.96. The van der Waals surface area contributed by atoms with E-state index in [2.05, 4.69) is 10.6 Å². The van der Waals surface area contributed by atoms with E-state index in [0.29, 0.717) is 22.5 Å². The monoisotopic (exact) mass is 449 g/mol. The number of carbonyl (C=O) groups excluding carboxylic acids is 3. The minimum absolute atomic E-state index is 0.0654. The normalized spacial score (nSPS) is 12.8. The molecular formula is C22H28FN3O6. The molecule has 10 heteroatoms. The van der Waals surface area contributed by atoms with Crippen LogP contribution in [0, 0.1) is 26.6 Å². The minimum atomic E-state index is -1.71. The van der Waals surface area contributed by atoms with E-state index in [1.54, 1.807) is 34.7 Å².